The molecule has 2 nitrogen and oxygen atoms in total. The first-order valence-electron chi connectivity index (χ1n) is 4.45. The molecular weight excluding hydrogens is 287 g/mol. The maximum atomic E-state index is 11.4. The van der Waals surface area contributed by atoms with Crippen LogP contribution in [0.3, 0.4) is 0 Å². The first-order valence-corrected chi connectivity index (χ1v) is 8.12. The quantitative estimate of drug-likeness (QED) is 0.928. The van der Waals surface area contributed by atoms with Gasteiger partial charge in [0, 0.05) is 17.1 Å². The van der Waals surface area contributed by atoms with Crippen molar-refractivity contribution >= 4 is 45.8 Å². The number of halogens is 2. The molecule has 1 aromatic carbocycles. The van der Waals surface area contributed by atoms with Crippen molar-refractivity contribution in [3.8, 4) is 0 Å². The molecule has 0 saturated carbocycles. The predicted molar refractivity (Wildman–Crippen MR) is 72.8 cm³/mol. The average Bonchev–Trinajstić information content (AvgIpc) is 2.22. The van der Waals surface area contributed by atoms with Crippen LogP contribution in [0.4, 0.5) is 0 Å². The summed E-state index contributed by atoms with van der Waals surface area (Å²) < 4.78 is 11.0. The average molecular weight is 299 g/mol. The highest BCUT2D eigenvalue weighted by atomic mass is 35.5. The van der Waals surface area contributed by atoms with Gasteiger partial charge in [0.15, 0.2) is 0 Å². The zero-order valence-electron chi connectivity index (χ0n) is 8.81. The van der Waals surface area contributed by atoms with Gasteiger partial charge in [-0.15, -0.1) is 11.8 Å². The van der Waals surface area contributed by atoms with Crippen molar-refractivity contribution < 1.29 is 9.32 Å². The van der Waals surface area contributed by atoms with Crippen molar-refractivity contribution in [2.45, 2.75) is 10.7 Å². The number of aliphatic hydroxyl groups is 1. The largest absolute Gasteiger partial charge is 0.386 e. The Kier molecular flexibility index (Phi) is 5.61. The number of hydrogen-bond donors (Lipinski definition) is 1. The third-order valence-electron chi connectivity index (χ3n) is 2.10. The molecule has 0 bridgehead atoms. The molecule has 1 rings (SSSR count). The van der Waals surface area contributed by atoms with Gasteiger partial charge in [-0.2, -0.15) is 0 Å². The van der Waals surface area contributed by atoms with Gasteiger partial charge in [0.2, 0.25) is 0 Å². The van der Waals surface area contributed by atoms with Crippen LogP contribution in [-0.4, -0.2) is 26.4 Å². The Morgan fingerprint density at radius 1 is 1.38 bits per heavy atom. The molecule has 16 heavy (non-hydrogen) atoms. The lowest BCUT2D eigenvalue weighted by Crippen LogP contribution is -2.19. The van der Waals surface area contributed by atoms with Gasteiger partial charge in [-0.05, 0) is 24.0 Å². The molecule has 0 radical (unpaired) electrons. The minimum Gasteiger partial charge on any atom is -0.386 e. The molecular formula is C10H12Cl2O2S2. The van der Waals surface area contributed by atoms with E-state index in [0.29, 0.717) is 15.6 Å². The Morgan fingerprint density at radius 3 is 2.44 bits per heavy atom. The van der Waals surface area contributed by atoms with Crippen LogP contribution in [0.25, 0.3) is 0 Å². The summed E-state index contributed by atoms with van der Waals surface area (Å²) in [6, 6.07) is 4.91. The Morgan fingerprint density at radius 2 is 2.00 bits per heavy atom. The summed E-state index contributed by atoms with van der Waals surface area (Å²) in [4.78, 5) is 0. The Balaban J connectivity index is 2.99. The molecule has 3 unspecified atom stereocenters. The lowest BCUT2D eigenvalue weighted by atomic mass is 10.1. The van der Waals surface area contributed by atoms with E-state index in [0.717, 1.165) is 0 Å². The highest BCUT2D eigenvalue weighted by molar-refractivity contribution is 8.10. The third kappa shape index (κ3) is 3.37. The topological polar surface area (TPSA) is 37.3 Å². The van der Waals surface area contributed by atoms with Crippen molar-refractivity contribution in [2.24, 2.45) is 0 Å². The predicted octanol–water partition coefficient (Wildman–Crippen LogP) is 3.09. The van der Waals surface area contributed by atoms with E-state index in [4.69, 9.17) is 23.2 Å². The molecule has 6 heteroatoms. The van der Waals surface area contributed by atoms with Gasteiger partial charge in [-0.25, -0.2) is 0 Å². The van der Waals surface area contributed by atoms with Crippen LogP contribution < -0.4 is 0 Å². The number of hydrogen-bond acceptors (Lipinski definition) is 3. The highest BCUT2D eigenvalue weighted by Gasteiger charge is 2.23. The van der Waals surface area contributed by atoms with Crippen LogP contribution >= 0.6 is 35.0 Å². The minimum atomic E-state index is -1.11. The molecule has 1 aromatic rings. The first-order chi connectivity index (χ1) is 7.47. The molecule has 90 valence electrons. The van der Waals surface area contributed by atoms with E-state index in [1.165, 1.54) is 11.8 Å². The maximum absolute atomic E-state index is 11.4. The molecule has 0 amide bonds. The van der Waals surface area contributed by atoms with Crippen molar-refractivity contribution in [1.29, 1.82) is 0 Å². The molecule has 1 N–H and O–H groups in total. The number of rotatable bonds is 4. The summed E-state index contributed by atoms with van der Waals surface area (Å²) in [5.41, 5.74) is 0.629. The van der Waals surface area contributed by atoms with Crippen molar-refractivity contribution in [3.63, 3.8) is 0 Å². The Bertz CT molecular complexity index is 398. The summed E-state index contributed by atoms with van der Waals surface area (Å²) in [6.07, 6.45) is 2.57. The summed E-state index contributed by atoms with van der Waals surface area (Å²) in [5.74, 6) is 0. The van der Waals surface area contributed by atoms with Crippen molar-refractivity contribution in [1.82, 2.24) is 0 Å². The van der Waals surface area contributed by atoms with Gasteiger partial charge < -0.3 is 5.11 Å². The second-order valence-corrected chi connectivity index (χ2v) is 6.82. The molecule has 0 aromatic heterocycles. The van der Waals surface area contributed by atoms with Gasteiger partial charge in [0.25, 0.3) is 0 Å². The normalized spacial score (nSPS) is 16.8. The molecule has 0 saturated heterocycles. The van der Waals surface area contributed by atoms with E-state index in [1.807, 2.05) is 6.26 Å². The first kappa shape index (κ1) is 14.3. The van der Waals surface area contributed by atoms with Crippen LogP contribution in [-0.2, 0) is 10.8 Å². The number of aliphatic hydroxyl groups excluding tert-OH is 1. The number of benzene rings is 1. The SMILES string of the molecule is CSC(C(O)c1ccc(Cl)c(Cl)c1)S(C)=O. The number of thioether (sulfide) groups is 1. The highest BCUT2D eigenvalue weighted by Crippen LogP contribution is 2.31. The van der Waals surface area contributed by atoms with Crippen molar-refractivity contribution in [2.75, 3.05) is 12.5 Å². The lowest BCUT2D eigenvalue weighted by molar-refractivity contribution is 0.195. The van der Waals surface area contributed by atoms with E-state index in [-0.39, 0.29) is 4.58 Å². The fourth-order valence-electron chi connectivity index (χ4n) is 1.30. The van der Waals surface area contributed by atoms with E-state index >= 15 is 0 Å². The fourth-order valence-corrected chi connectivity index (χ4v) is 3.63. The molecule has 0 heterocycles. The van der Waals surface area contributed by atoms with Gasteiger partial charge in [0.05, 0.1) is 10.0 Å². The lowest BCUT2D eigenvalue weighted by Gasteiger charge is -2.19. The van der Waals surface area contributed by atoms with Crippen LogP contribution in [0, 0.1) is 0 Å². The zero-order chi connectivity index (χ0) is 12.3. The molecule has 0 aliphatic rings. The third-order valence-corrected chi connectivity index (χ3v) is 5.87. The van der Waals surface area contributed by atoms with Crippen molar-refractivity contribution in [3.05, 3.63) is 33.8 Å². The summed E-state index contributed by atoms with van der Waals surface area (Å²) in [7, 11) is -1.11. The Hall–Kier alpha value is 0.260. The minimum absolute atomic E-state index is 0.364. The molecule has 0 spiro atoms. The Labute approximate surface area is 112 Å². The van der Waals surface area contributed by atoms with Gasteiger partial charge in [-0.3, -0.25) is 4.21 Å². The monoisotopic (exact) mass is 298 g/mol. The summed E-state index contributed by atoms with van der Waals surface area (Å²) in [6.45, 7) is 0. The van der Waals surface area contributed by atoms with Crippen LogP contribution in [0.1, 0.15) is 11.7 Å². The van der Waals surface area contributed by atoms with E-state index in [9.17, 15) is 9.32 Å². The van der Waals surface area contributed by atoms with E-state index in [2.05, 4.69) is 0 Å². The van der Waals surface area contributed by atoms with Crippen LogP contribution in [0.15, 0.2) is 18.2 Å². The summed E-state index contributed by atoms with van der Waals surface area (Å²) >= 11 is 13.0. The summed E-state index contributed by atoms with van der Waals surface area (Å²) in [5, 5.41) is 10.9. The maximum Gasteiger partial charge on any atom is 0.110 e. The second-order valence-electron chi connectivity index (χ2n) is 3.22. The van der Waals surface area contributed by atoms with Crippen LogP contribution in [0.5, 0.6) is 0 Å². The van der Waals surface area contributed by atoms with E-state index in [1.54, 1.807) is 24.5 Å². The fraction of sp³-hybridized carbons (Fsp3) is 0.400. The van der Waals surface area contributed by atoms with E-state index < -0.39 is 16.9 Å². The second kappa shape index (κ2) is 6.26. The molecule has 0 fully saturated rings. The smallest absolute Gasteiger partial charge is 0.110 e. The standard InChI is InChI=1S/C10H12Cl2O2S2/c1-15-10(16(2)14)9(13)6-3-4-7(11)8(12)5-6/h3-5,9-10,13H,1-2H3. The van der Waals surface area contributed by atoms with Crippen LogP contribution in [0.2, 0.25) is 10.0 Å². The molecule has 0 aliphatic heterocycles. The molecule has 3 atom stereocenters. The molecule has 0 aliphatic carbocycles. The van der Waals surface area contributed by atoms with Gasteiger partial charge >= 0.3 is 0 Å². The van der Waals surface area contributed by atoms with Gasteiger partial charge in [0.1, 0.15) is 10.7 Å². The zero-order valence-corrected chi connectivity index (χ0v) is 12.0. The van der Waals surface area contributed by atoms with Gasteiger partial charge in [-0.1, -0.05) is 29.3 Å².